The van der Waals surface area contributed by atoms with E-state index in [4.69, 9.17) is 9.47 Å². The van der Waals surface area contributed by atoms with Crippen molar-refractivity contribution in [1.82, 2.24) is 0 Å². The molecule has 1 aliphatic rings. The third-order valence-electron chi connectivity index (χ3n) is 6.30. The molecular weight excluding hydrogens is 398 g/mol. The zero-order valence-electron chi connectivity index (χ0n) is 19.1. The van der Waals surface area contributed by atoms with Crippen LogP contribution in [0.4, 0.5) is 5.69 Å². The van der Waals surface area contributed by atoms with Crippen LogP contribution in [0, 0.1) is 20.8 Å². The van der Waals surface area contributed by atoms with E-state index >= 15 is 0 Å². The predicted molar refractivity (Wildman–Crippen MR) is 128 cm³/mol. The summed E-state index contributed by atoms with van der Waals surface area (Å²) in [5.41, 5.74) is 5.59. The zero-order chi connectivity index (χ0) is 22.6. The molecule has 1 amide bonds. The number of nitrogens with one attached hydrogen (secondary N) is 1. The summed E-state index contributed by atoms with van der Waals surface area (Å²) in [7, 11) is 0. The van der Waals surface area contributed by atoms with Crippen LogP contribution in [-0.4, -0.2) is 19.1 Å². The third kappa shape index (κ3) is 4.71. The van der Waals surface area contributed by atoms with Crippen molar-refractivity contribution in [3.63, 3.8) is 0 Å². The molecule has 1 aliphatic heterocycles. The van der Waals surface area contributed by atoms with Crippen molar-refractivity contribution in [2.45, 2.75) is 45.6 Å². The largest absolute Gasteiger partial charge is 0.488 e. The number of carbonyl (C=O) groups is 1. The van der Waals surface area contributed by atoms with Gasteiger partial charge in [-0.25, -0.2) is 0 Å². The van der Waals surface area contributed by atoms with Crippen molar-refractivity contribution >= 4 is 11.6 Å². The maximum Gasteiger partial charge on any atom is 0.235 e. The van der Waals surface area contributed by atoms with E-state index in [9.17, 15) is 4.79 Å². The normalized spacial score (nSPS) is 15.2. The van der Waals surface area contributed by atoms with Crippen molar-refractivity contribution in [1.29, 1.82) is 0 Å². The minimum atomic E-state index is -0.575. The highest BCUT2D eigenvalue weighted by Gasteiger charge is 2.41. The van der Waals surface area contributed by atoms with Gasteiger partial charge in [-0.3, -0.25) is 4.79 Å². The van der Waals surface area contributed by atoms with Crippen molar-refractivity contribution in [2.75, 3.05) is 18.5 Å². The Hall–Kier alpha value is -3.11. The number of carbonyl (C=O) groups excluding carboxylic acids is 1. The Balaban J connectivity index is 1.55. The molecule has 1 heterocycles. The van der Waals surface area contributed by atoms with E-state index in [0.717, 1.165) is 39.3 Å². The summed E-state index contributed by atoms with van der Waals surface area (Å²) in [4.78, 5) is 13.6. The lowest BCUT2D eigenvalue weighted by Crippen LogP contribution is -2.44. The number of ether oxygens (including phenoxy) is 2. The second-order valence-corrected chi connectivity index (χ2v) is 8.73. The van der Waals surface area contributed by atoms with Crippen LogP contribution in [0.25, 0.3) is 0 Å². The number of aryl methyl sites for hydroxylation is 3. The fraction of sp³-hybridized carbons (Fsp3) is 0.321. The molecule has 0 saturated carbocycles. The second-order valence-electron chi connectivity index (χ2n) is 8.73. The highest BCUT2D eigenvalue weighted by molar-refractivity contribution is 5.99. The van der Waals surface area contributed by atoms with Gasteiger partial charge in [-0.1, -0.05) is 60.2 Å². The lowest BCUT2D eigenvalue weighted by Gasteiger charge is -2.36. The van der Waals surface area contributed by atoms with Gasteiger partial charge in [0.2, 0.25) is 5.91 Å². The van der Waals surface area contributed by atoms with Crippen LogP contribution in [0.15, 0.2) is 66.7 Å². The quantitative estimate of drug-likeness (QED) is 0.532. The molecule has 0 aromatic heterocycles. The third-order valence-corrected chi connectivity index (χ3v) is 6.30. The van der Waals surface area contributed by atoms with E-state index in [0.29, 0.717) is 32.7 Å². The Kier molecular flexibility index (Phi) is 6.61. The molecule has 0 spiro atoms. The van der Waals surface area contributed by atoms with Crippen molar-refractivity contribution < 1.29 is 14.3 Å². The van der Waals surface area contributed by atoms with E-state index in [1.165, 1.54) is 0 Å². The summed E-state index contributed by atoms with van der Waals surface area (Å²) in [6.45, 7) is 7.80. The van der Waals surface area contributed by atoms with Crippen LogP contribution in [0.1, 0.15) is 40.7 Å². The molecule has 0 aliphatic carbocycles. The van der Waals surface area contributed by atoms with Crippen molar-refractivity contribution in [3.8, 4) is 5.75 Å². The molecule has 32 heavy (non-hydrogen) atoms. The first-order valence-corrected chi connectivity index (χ1v) is 11.2. The summed E-state index contributed by atoms with van der Waals surface area (Å²) in [6.07, 6.45) is 1.36. The van der Waals surface area contributed by atoms with Crippen LogP contribution in [-0.2, 0) is 21.6 Å². The molecule has 4 nitrogen and oxygen atoms in total. The van der Waals surface area contributed by atoms with E-state index in [-0.39, 0.29) is 5.91 Å². The first-order valence-electron chi connectivity index (χ1n) is 11.2. The van der Waals surface area contributed by atoms with Crippen molar-refractivity contribution in [2.24, 2.45) is 0 Å². The molecule has 0 unspecified atom stereocenters. The number of amides is 1. The van der Waals surface area contributed by atoms with E-state index < -0.39 is 5.41 Å². The number of hydrogen-bond acceptors (Lipinski definition) is 3. The van der Waals surface area contributed by atoms with Crippen LogP contribution in [0.5, 0.6) is 5.75 Å². The summed E-state index contributed by atoms with van der Waals surface area (Å²) in [5, 5.41) is 3.20. The Morgan fingerprint density at radius 1 is 0.938 bits per heavy atom. The van der Waals surface area contributed by atoms with E-state index in [2.05, 4.69) is 42.6 Å². The first kappa shape index (κ1) is 22.1. The molecule has 1 fully saturated rings. The number of anilines is 1. The number of hydrogen-bond donors (Lipinski definition) is 1. The highest BCUT2D eigenvalue weighted by atomic mass is 16.5. The summed E-state index contributed by atoms with van der Waals surface area (Å²) in [5.74, 6) is 0.898. The Labute approximate surface area is 190 Å². The number of rotatable bonds is 6. The van der Waals surface area contributed by atoms with Gasteiger partial charge in [0.25, 0.3) is 0 Å². The lowest BCUT2D eigenvalue weighted by atomic mass is 9.73. The topological polar surface area (TPSA) is 47.6 Å². The molecule has 3 aromatic carbocycles. The standard InChI is InChI=1S/C28H31NO3/c1-20-8-7-11-24(16-20)28(12-14-31-15-13-28)27(30)29-25-17-21(2)26(22(3)18-25)32-19-23-9-5-4-6-10-23/h4-11,16-18H,12-15,19H2,1-3H3,(H,29,30). The zero-order valence-corrected chi connectivity index (χ0v) is 19.1. The van der Waals surface area contributed by atoms with Gasteiger partial charge in [0, 0.05) is 18.9 Å². The minimum absolute atomic E-state index is 0.0307. The molecular formula is C28H31NO3. The van der Waals surface area contributed by atoms with Gasteiger partial charge in [-0.05, 0) is 68.0 Å². The Bertz CT molecular complexity index is 1060. The van der Waals surface area contributed by atoms with Crippen LogP contribution in [0.3, 0.4) is 0 Å². The van der Waals surface area contributed by atoms with Crippen LogP contribution >= 0.6 is 0 Å². The fourth-order valence-corrected chi connectivity index (χ4v) is 4.54. The number of benzene rings is 3. The monoisotopic (exact) mass is 429 g/mol. The van der Waals surface area contributed by atoms with Gasteiger partial charge in [0.05, 0.1) is 5.41 Å². The average molecular weight is 430 g/mol. The Morgan fingerprint density at radius 3 is 2.28 bits per heavy atom. The van der Waals surface area contributed by atoms with Gasteiger partial charge in [0.1, 0.15) is 12.4 Å². The molecule has 0 bridgehead atoms. The van der Waals surface area contributed by atoms with Gasteiger partial charge in [0.15, 0.2) is 0 Å². The van der Waals surface area contributed by atoms with Crippen LogP contribution in [0.2, 0.25) is 0 Å². The fourth-order valence-electron chi connectivity index (χ4n) is 4.54. The van der Waals surface area contributed by atoms with Gasteiger partial charge in [-0.15, -0.1) is 0 Å². The van der Waals surface area contributed by atoms with Crippen LogP contribution < -0.4 is 10.1 Å². The van der Waals surface area contributed by atoms with Gasteiger partial charge < -0.3 is 14.8 Å². The molecule has 0 radical (unpaired) electrons. The second kappa shape index (κ2) is 9.58. The predicted octanol–water partition coefficient (Wildman–Crippen LogP) is 5.88. The van der Waals surface area contributed by atoms with Crippen molar-refractivity contribution in [3.05, 3.63) is 94.5 Å². The van der Waals surface area contributed by atoms with Gasteiger partial charge >= 0.3 is 0 Å². The summed E-state index contributed by atoms with van der Waals surface area (Å²) < 4.78 is 11.7. The molecule has 166 valence electrons. The summed E-state index contributed by atoms with van der Waals surface area (Å²) >= 11 is 0. The van der Waals surface area contributed by atoms with E-state index in [1.54, 1.807) is 0 Å². The molecule has 1 N–H and O–H groups in total. The minimum Gasteiger partial charge on any atom is -0.488 e. The molecule has 4 heteroatoms. The highest BCUT2D eigenvalue weighted by Crippen LogP contribution is 2.37. The maximum absolute atomic E-state index is 13.6. The lowest BCUT2D eigenvalue weighted by molar-refractivity contribution is -0.125. The molecule has 0 atom stereocenters. The maximum atomic E-state index is 13.6. The van der Waals surface area contributed by atoms with Gasteiger partial charge in [-0.2, -0.15) is 0 Å². The molecule has 4 rings (SSSR count). The first-order chi connectivity index (χ1) is 15.5. The SMILES string of the molecule is Cc1cccc(C2(C(=O)Nc3cc(C)c(OCc4ccccc4)c(C)c3)CCOCC2)c1. The smallest absolute Gasteiger partial charge is 0.235 e. The Morgan fingerprint density at radius 2 is 1.62 bits per heavy atom. The van der Waals surface area contributed by atoms with E-state index in [1.807, 2.05) is 50.2 Å². The molecule has 1 saturated heterocycles. The molecule has 3 aromatic rings. The average Bonchev–Trinajstić information content (AvgIpc) is 2.79. The summed E-state index contributed by atoms with van der Waals surface area (Å²) in [6, 6.07) is 22.4.